The van der Waals surface area contributed by atoms with Crippen molar-refractivity contribution in [1.29, 1.82) is 0 Å². The summed E-state index contributed by atoms with van der Waals surface area (Å²) in [5, 5.41) is 13.1. The van der Waals surface area contributed by atoms with E-state index >= 15 is 0 Å². The Hall–Kier alpha value is -2.83. The molecule has 176 valence electrons. The summed E-state index contributed by atoms with van der Waals surface area (Å²) in [4.78, 5) is 17.2. The normalized spacial score (nSPS) is 12.6. The first kappa shape index (κ1) is 24.8. The van der Waals surface area contributed by atoms with Crippen LogP contribution in [0.4, 0.5) is 0 Å². The Morgan fingerprint density at radius 2 is 1.88 bits per heavy atom. The zero-order valence-corrected chi connectivity index (χ0v) is 20.6. The number of nitrogens with one attached hydrogen (secondary N) is 1. The lowest BCUT2D eigenvalue weighted by molar-refractivity contribution is 0.0916. The van der Waals surface area contributed by atoms with Gasteiger partial charge in [-0.3, -0.25) is 4.79 Å². The van der Waals surface area contributed by atoms with E-state index in [0.29, 0.717) is 22.8 Å². The number of carbonyl (C=O) groups is 1. The number of aliphatic hydroxyl groups excluding tert-OH is 1. The minimum absolute atomic E-state index is 0.0102. The van der Waals surface area contributed by atoms with E-state index in [4.69, 9.17) is 16.3 Å². The highest BCUT2D eigenvalue weighted by molar-refractivity contribution is 6.32. The van der Waals surface area contributed by atoms with Crippen LogP contribution in [0.15, 0.2) is 55.0 Å². The second kappa shape index (κ2) is 10.4. The number of hydrogen-bond donors (Lipinski definition) is 2. The van der Waals surface area contributed by atoms with Crippen molar-refractivity contribution in [2.45, 2.75) is 58.6 Å². The summed E-state index contributed by atoms with van der Waals surface area (Å²) in [5.41, 5.74) is 3.44. The summed E-state index contributed by atoms with van der Waals surface area (Å²) in [6, 6.07) is 12.5. The van der Waals surface area contributed by atoms with E-state index in [2.05, 4.69) is 31.1 Å². The van der Waals surface area contributed by atoms with Gasteiger partial charge in [0.1, 0.15) is 5.75 Å². The van der Waals surface area contributed by atoms with Gasteiger partial charge in [-0.2, -0.15) is 0 Å². The molecular formula is C26H32ClN3O3. The third kappa shape index (κ3) is 6.59. The van der Waals surface area contributed by atoms with E-state index in [9.17, 15) is 9.90 Å². The van der Waals surface area contributed by atoms with Crippen molar-refractivity contribution in [2.75, 3.05) is 6.61 Å². The lowest BCUT2D eigenvalue weighted by Gasteiger charge is -2.17. The number of benzene rings is 2. The quantitative estimate of drug-likeness (QED) is 0.489. The molecule has 1 heterocycles. The average Bonchev–Trinajstić information content (AvgIpc) is 3.26. The van der Waals surface area contributed by atoms with Crippen molar-refractivity contribution in [1.82, 2.24) is 14.9 Å². The highest BCUT2D eigenvalue weighted by Crippen LogP contribution is 2.26. The Kier molecular flexibility index (Phi) is 7.82. The molecule has 0 saturated carbocycles. The van der Waals surface area contributed by atoms with E-state index in [1.54, 1.807) is 18.2 Å². The van der Waals surface area contributed by atoms with Crippen LogP contribution in [0.1, 0.15) is 56.2 Å². The van der Waals surface area contributed by atoms with E-state index in [-0.39, 0.29) is 24.0 Å². The number of amides is 1. The van der Waals surface area contributed by atoms with Gasteiger partial charge in [0, 0.05) is 22.9 Å². The smallest absolute Gasteiger partial charge is 0.251 e. The van der Waals surface area contributed by atoms with Crippen LogP contribution in [0.2, 0.25) is 5.02 Å². The van der Waals surface area contributed by atoms with Crippen molar-refractivity contribution < 1.29 is 14.6 Å². The zero-order valence-electron chi connectivity index (χ0n) is 19.8. The largest absolute Gasteiger partial charge is 0.489 e. The summed E-state index contributed by atoms with van der Waals surface area (Å²) in [6.45, 7) is 10.0. The molecule has 7 heteroatoms. The molecule has 0 bridgehead atoms. The first-order valence-corrected chi connectivity index (χ1v) is 11.5. The van der Waals surface area contributed by atoms with Crippen LogP contribution in [0, 0.1) is 0 Å². The fourth-order valence-electron chi connectivity index (χ4n) is 3.36. The molecule has 0 aliphatic carbocycles. The van der Waals surface area contributed by atoms with Gasteiger partial charge < -0.3 is 19.7 Å². The summed E-state index contributed by atoms with van der Waals surface area (Å²) < 4.78 is 7.60. The molecule has 3 aromatic rings. The molecule has 6 nitrogen and oxygen atoms in total. The van der Waals surface area contributed by atoms with Crippen molar-refractivity contribution in [3.63, 3.8) is 0 Å². The number of carbonyl (C=O) groups excluding carboxylic acids is 1. The standard InChI is InChI=1S/C26H32ClN3O3/c1-17(2)33-23-11-8-19(13-22(23)27)25(32)29-20(15-31)12-18-6-9-21(10-7-18)30-14-24(28-16-30)26(3,4)5/h6-11,13-14,16-17,20,31H,12,15H2,1-5H3,(H,29,32). The fourth-order valence-corrected chi connectivity index (χ4v) is 3.59. The van der Waals surface area contributed by atoms with Crippen LogP contribution in [0.3, 0.4) is 0 Å². The molecule has 0 fully saturated rings. The van der Waals surface area contributed by atoms with Gasteiger partial charge in [-0.25, -0.2) is 4.98 Å². The number of imidazole rings is 1. The Morgan fingerprint density at radius 1 is 1.18 bits per heavy atom. The molecule has 2 N–H and O–H groups in total. The molecule has 0 aliphatic rings. The molecule has 0 spiro atoms. The maximum atomic E-state index is 12.7. The second-order valence-corrected chi connectivity index (χ2v) is 9.86. The Balaban J connectivity index is 1.64. The van der Waals surface area contributed by atoms with Crippen LogP contribution in [-0.4, -0.2) is 39.3 Å². The lowest BCUT2D eigenvalue weighted by atomic mass is 9.93. The van der Waals surface area contributed by atoms with Crippen LogP contribution in [-0.2, 0) is 11.8 Å². The number of rotatable bonds is 8. The van der Waals surface area contributed by atoms with Gasteiger partial charge >= 0.3 is 0 Å². The average molecular weight is 470 g/mol. The van der Waals surface area contributed by atoms with Crippen molar-refractivity contribution >= 4 is 17.5 Å². The topological polar surface area (TPSA) is 76.4 Å². The monoisotopic (exact) mass is 469 g/mol. The Bertz CT molecular complexity index is 1080. The minimum Gasteiger partial charge on any atom is -0.489 e. The molecule has 0 radical (unpaired) electrons. The minimum atomic E-state index is -0.422. The van der Waals surface area contributed by atoms with Gasteiger partial charge in [0.05, 0.1) is 35.8 Å². The van der Waals surface area contributed by atoms with Gasteiger partial charge in [0.25, 0.3) is 5.91 Å². The number of aliphatic hydroxyl groups is 1. The van der Waals surface area contributed by atoms with Gasteiger partial charge in [0.15, 0.2) is 0 Å². The molecule has 1 atom stereocenters. The Morgan fingerprint density at radius 3 is 2.42 bits per heavy atom. The fraction of sp³-hybridized carbons (Fsp3) is 0.385. The van der Waals surface area contributed by atoms with Crippen molar-refractivity contribution in [2.24, 2.45) is 0 Å². The van der Waals surface area contributed by atoms with Gasteiger partial charge in [-0.15, -0.1) is 0 Å². The summed E-state index contributed by atoms with van der Waals surface area (Å²) >= 11 is 6.25. The zero-order chi connectivity index (χ0) is 24.2. The van der Waals surface area contributed by atoms with Crippen LogP contribution in [0.5, 0.6) is 5.75 Å². The maximum absolute atomic E-state index is 12.7. The molecule has 3 rings (SSSR count). The summed E-state index contributed by atoms with van der Waals surface area (Å²) in [6.07, 6.45) is 4.34. The summed E-state index contributed by atoms with van der Waals surface area (Å²) in [7, 11) is 0. The molecule has 0 aliphatic heterocycles. The number of aromatic nitrogens is 2. The van der Waals surface area contributed by atoms with Crippen LogP contribution in [0.25, 0.3) is 5.69 Å². The first-order chi connectivity index (χ1) is 15.6. The predicted molar refractivity (Wildman–Crippen MR) is 132 cm³/mol. The van der Waals surface area contributed by atoms with Gasteiger partial charge in [-0.1, -0.05) is 44.5 Å². The van der Waals surface area contributed by atoms with E-state index in [1.807, 2.05) is 55.2 Å². The molecule has 0 saturated heterocycles. The van der Waals surface area contributed by atoms with E-state index in [0.717, 1.165) is 16.9 Å². The molecule has 2 aromatic carbocycles. The number of hydrogen-bond acceptors (Lipinski definition) is 4. The van der Waals surface area contributed by atoms with Crippen molar-refractivity contribution in [3.8, 4) is 11.4 Å². The highest BCUT2D eigenvalue weighted by atomic mass is 35.5. The third-order valence-electron chi connectivity index (χ3n) is 5.18. The molecule has 1 unspecified atom stereocenters. The van der Waals surface area contributed by atoms with Crippen LogP contribution >= 0.6 is 11.6 Å². The SMILES string of the molecule is CC(C)Oc1ccc(C(=O)NC(CO)Cc2ccc(-n3cnc(C(C)(C)C)c3)cc2)cc1Cl. The number of halogens is 1. The van der Waals surface area contributed by atoms with Gasteiger partial charge in [0.2, 0.25) is 0 Å². The lowest BCUT2D eigenvalue weighted by Crippen LogP contribution is -2.39. The van der Waals surface area contributed by atoms with E-state index < -0.39 is 6.04 Å². The maximum Gasteiger partial charge on any atom is 0.251 e. The van der Waals surface area contributed by atoms with Crippen molar-refractivity contribution in [3.05, 3.63) is 76.8 Å². The van der Waals surface area contributed by atoms with E-state index in [1.165, 1.54) is 0 Å². The predicted octanol–water partition coefficient (Wildman–Crippen LogP) is 4.94. The molecule has 33 heavy (non-hydrogen) atoms. The Labute approximate surface area is 200 Å². The third-order valence-corrected chi connectivity index (χ3v) is 5.48. The second-order valence-electron chi connectivity index (χ2n) is 9.45. The van der Waals surface area contributed by atoms with Gasteiger partial charge in [-0.05, 0) is 56.2 Å². The molecule has 1 aromatic heterocycles. The molecule has 1 amide bonds. The highest BCUT2D eigenvalue weighted by Gasteiger charge is 2.18. The number of ether oxygens (including phenoxy) is 1. The molecular weight excluding hydrogens is 438 g/mol. The first-order valence-electron chi connectivity index (χ1n) is 11.1. The number of nitrogens with zero attached hydrogens (tertiary/aromatic N) is 2. The summed E-state index contributed by atoms with van der Waals surface area (Å²) in [5.74, 6) is 0.242. The van der Waals surface area contributed by atoms with Crippen LogP contribution < -0.4 is 10.1 Å².